The van der Waals surface area contributed by atoms with Crippen LogP contribution in [-0.4, -0.2) is 29.7 Å². The van der Waals surface area contributed by atoms with E-state index in [0.29, 0.717) is 6.01 Å². The van der Waals surface area contributed by atoms with Gasteiger partial charge >= 0.3 is 6.01 Å². The standard InChI is InChI=1S/C13H21N3O/c1-10-8-11(2)16-13(15-10)17-7-5-12-4-3-6-14-9-12/h8,12,14H,3-7,9H2,1-2H3/t12-/m1/s1. The van der Waals surface area contributed by atoms with E-state index < -0.39 is 0 Å². The van der Waals surface area contributed by atoms with Crippen molar-refractivity contribution in [1.82, 2.24) is 15.3 Å². The Morgan fingerprint density at radius 1 is 1.35 bits per heavy atom. The van der Waals surface area contributed by atoms with Gasteiger partial charge in [0.1, 0.15) is 0 Å². The van der Waals surface area contributed by atoms with Crippen molar-refractivity contribution < 1.29 is 4.74 Å². The summed E-state index contributed by atoms with van der Waals surface area (Å²) in [5.41, 5.74) is 1.93. The topological polar surface area (TPSA) is 47.0 Å². The summed E-state index contributed by atoms with van der Waals surface area (Å²) >= 11 is 0. The van der Waals surface area contributed by atoms with Gasteiger partial charge in [0, 0.05) is 11.4 Å². The Labute approximate surface area is 103 Å². The van der Waals surface area contributed by atoms with Gasteiger partial charge in [-0.2, -0.15) is 0 Å². The molecule has 2 heterocycles. The number of ether oxygens (including phenoxy) is 1. The Kier molecular flexibility index (Phi) is 4.31. The fourth-order valence-electron chi connectivity index (χ4n) is 2.25. The highest BCUT2D eigenvalue weighted by Crippen LogP contribution is 2.14. The predicted molar refractivity (Wildman–Crippen MR) is 67.2 cm³/mol. The number of piperidine rings is 1. The van der Waals surface area contributed by atoms with Gasteiger partial charge in [-0.1, -0.05) is 0 Å². The van der Waals surface area contributed by atoms with Gasteiger partial charge in [-0.3, -0.25) is 0 Å². The predicted octanol–water partition coefficient (Wildman–Crippen LogP) is 1.86. The first-order chi connectivity index (χ1) is 8.24. The molecule has 94 valence electrons. The highest BCUT2D eigenvalue weighted by Gasteiger charge is 2.12. The normalized spacial score (nSPS) is 20.2. The maximum absolute atomic E-state index is 5.62. The van der Waals surface area contributed by atoms with Gasteiger partial charge < -0.3 is 10.1 Å². The minimum atomic E-state index is 0.520. The number of nitrogens with one attached hydrogen (secondary N) is 1. The van der Waals surface area contributed by atoms with Gasteiger partial charge in [0.25, 0.3) is 0 Å². The van der Waals surface area contributed by atoms with Crippen LogP contribution < -0.4 is 10.1 Å². The fraction of sp³-hybridized carbons (Fsp3) is 0.692. The molecule has 0 saturated carbocycles. The molecule has 0 unspecified atom stereocenters. The average Bonchev–Trinajstić information content (AvgIpc) is 2.29. The molecule has 2 rings (SSSR count). The fourth-order valence-corrected chi connectivity index (χ4v) is 2.25. The summed E-state index contributed by atoms with van der Waals surface area (Å²) in [5, 5.41) is 3.41. The van der Waals surface area contributed by atoms with Crippen LogP contribution >= 0.6 is 0 Å². The van der Waals surface area contributed by atoms with Crippen LogP contribution in [0.2, 0.25) is 0 Å². The number of hydrogen-bond donors (Lipinski definition) is 1. The number of rotatable bonds is 4. The zero-order valence-corrected chi connectivity index (χ0v) is 10.7. The van der Waals surface area contributed by atoms with Crippen molar-refractivity contribution in [2.45, 2.75) is 33.1 Å². The Bertz CT molecular complexity index is 341. The van der Waals surface area contributed by atoms with Crippen LogP contribution in [0.4, 0.5) is 0 Å². The monoisotopic (exact) mass is 235 g/mol. The van der Waals surface area contributed by atoms with Crippen LogP contribution in [0, 0.1) is 19.8 Å². The van der Waals surface area contributed by atoms with Crippen molar-refractivity contribution >= 4 is 0 Å². The Hall–Kier alpha value is -1.16. The molecule has 0 aliphatic carbocycles. The molecule has 1 saturated heterocycles. The lowest BCUT2D eigenvalue weighted by molar-refractivity contribution is 0.239. The van der Waals surface area contributed by atoms with E-state index in [0.717, 1.165) is 43.4 Å². The number of nitrogens with zero attached hydrogens (tertiary/aromatic N) is 2. The van der Waals surface area contributed by atoms with Crippen LogP contribution in [-0.2, 0) is 0 Å². The number of hydrogen-bond acceptors (Lipinski definition) is 4. The lowest BCUT2D eigenvalue weighted by Gasteiger charge is -2.22. The van der Waals surface area contributed by atoms with Crippen molar-refractivity contribution in [2.75, 3.05) is 19.7 Å². The Morgan fingerprint density at radius 2 is 2.12 bits per heavy atom. The van der Waals surface area contributed by atoms with Gasteiger partial charge in [0.15, 0.2) is 0 Å². The summed E-state index contributed by atoms with van der Waals surface area (Å²) in [4.78, 5) is 8.54. The smallest absolute Gasteiger partial charge is 0.316 e. The van der Waals surface area contributed by atoms with E-state index in [1.165, 1.54) is 12.8 Å². The molecule has 0 spiro atoms. The molecule has 0 bridgehead atoms. The molecule has 1 aliphatic rings. The van der Waals surface area contributed by atoms with Crippen LogP contribution in [0.15, 0.2) is 6.07 Å². The highest BCUT2D eigenvalue weighted by atomic mass is 16.5. The Balaban J connectivity index is 1.77. The number of aromatic nitrogens is 2. The SMILES string of the molecule is Cc1cc(C)nc(OCC[C@H]2CCCNC2)n1. The highest BCUT2D eigenvalue weighted by molar-refractivity contribution is 5.10. The van der Waals surface area contributed by atoms with E-state index >= 15 is 0 Å². The van der Waals surface area contributed by atoms with Crippen molar-refractivity contribution in [3.8, 4) is 6.01 Å². The maximum Gasteiger partial charge on any atom is 0.316 e. The van der Waals surface area contributed by atoms with E-state index in [9.17, 15) is 0 Å². The first-order valence-corrected chi connectivity index (χ1v) is 6.40. The van der Waals surface area contributed by atoms with Gasteiger partial charge in [-0.05, 0) is 58.2 Å². The van der Waals surface area contributed by atoms with Crippen LogP contribution in [0.5, 0.6) is 6.01 Å². The summed E-state index contributed by atoms with van der Waals surface area (Å²) in [6.07, 6.45) is 3.68. The zero-order valence-electron chi connectivity index (χ0n) is 10.7. The molecule has 4 nitrogen and oxygen atoms in total. The molecule has 4 heteroatoms. The molecule has 0 amide bonds. The summed E-state index contributed by atoms with van der Waals surface area (Å²) in [7, 11) is 0. The first kappa shape index (κ1) is 12.3. The molecular formula is C13H21N3O. The second-order valence-corrected chi connectivity index (χ2v) is 4.78. The second kappa shape index (κ2) is 5.96. The minimum absolute atomic E-state index is 0.520. The molecule has 1 aromatic heterocycles. The van der Waals surface area contributed by atoms with Crippen LogP contribution in [0.3, 0.4) is 0 Å². The molecule has 1 aliphatic heterocycles. The average molecular weight is 235 g/mol. The minimum Gasteiger partial charge on any atom is -0.463 e. The van der Waals surface area contributed by atoms with Gasteiger partial charge in [0.05, 0.1) is 6.61 Å². The molecule has 1 aromatic rings. The quantitative estimate of drug-likeness (QED) is 0.865. The molecule has 1 N–H and O–H groups in total. The summed E-state index contributed by atoms with van der Waals surface area (Å²) in [5.74, 6) is 0.745. The summed E-state index contributed by atoms with van der Waals surface area (Å²) < 4.78 is 5.62. The largest absolute Gasteiger partial charge is 0.463 e. The van der Waals surface area contributed by atoms with E-state index in [-0.39, 0.29) is 0 Å². The van der Waals surface area contributed by atoms with Gasteiger partial charge in [-0.15, -0.1) is 0 Å². The van der Waals surface area contributed by atoms with Gasteiger partial charge in [0.2, 0.25) is 0 Å². The van der Waals surface area contributed by atoms with Crippen LogP contribution in [0.25, 0.3) is 0 Å². The first-order valence-electron chi connectivity index (χ1n) is 6.40. The molecule has 1 fully saturated rings. The van der Waals surface area contributed by atoms with Crippen molar-refractivity contribution in [3.63, 3.8) is 0 Å². The van der Waals surface area contributed by atoms with E-state index in [2.05, 4.69) is 15.3 Å². The number of aryl methyl sites for hydroxylation is 2. The van der Waals surface area contributed by atoms with Gasteiger partial charge in [-0.25, -0.2) is 9.97 Å². The Morgan fingerprint density at radius 3 is 2.76 bits per heavy atom. The third kappa shape index (κ3) is 3.97. The lowest BCUT2D eigenvalue weighted by atomic mass is 9.97. The van der Waals surface area contributed by atoms with Crippen molar-refractivity contribution in [1.29, 1.82) is 0 Å². The third-order valence-electron chi connectivity index (χ3n) is 3.12. The molecule has 1 atom stereocenters. The second-order valence-electron chi connectivity index (χ2n) is 4.78. The van der Waals surface area contributed by atoms with E-state index in [4.69, 9.17) is 4.74 Å². The van der Waals surface area contributed by atoms with Crippen molar-refractivity contribution in [2.24, 2.45) is 5.92 Å². The molecular weight excluding hydrogens is 214 g/mol. The van der Waals surface area contributed by atoms with Crippen molar-refractivity contribution in [3.05, 3.63) is 17.5 Å². The summed E-state index contributed by atoms with van der Waals surface area (Å²) in [6.45, 7) is 6.93. The summed E-state index contributed by atoms with van der Waals surface area (Å²) in [6, 6.07) is 2.48. The zero-order chi connectivity index (χ0) is 12.1. The molecule has 0 aromatic carbocycles. The lowest BCUT2D eigenvalue weighted by Crippen LogP contribution is -2.30. The third-order valence-corrected chi connectivity index (χ3v) is 3.12. The van der Waals surface area contributed by atoms with E-state index in [1.807, 2.05) is 19.9 Å². The molecule has 17 heavy (non-hydrogen) atoms. The van der Waals surface area contributed by atoms with E-state index in [1.54, 1.807) is 0 Å². The van der Waals surface area contributed by atoms with Crippen LogP contribution in [0.1, 0.15) is 30.7 Å². The molecule has 0 radical (unpaired) electrons. The maximum atomic E-state index is 5.62.